The van der Waals surface area contributed by atoms with Crippen LogP contribution in [0.2, 0.25) is 0 Å². The third-order valence-electron chi connectivity index (χ3n) is 8.37. The summed E-state index contributed by atoms with van der Waals surface area (Å²) in [5.41, 5.74) is 2.28. The van der Waals surface area contributed by atoms with Crippen molar-refractivity contribution in [1.82, 2.24) is 0 Å². The van der Waals surface area contributed by atoms with Crippen molar-refractivity contribution in [2.75, 3.05) is 0 Å². The van der Waals surface area contributed by atoms with E-state index in [0.29, 0.717) is 30.6 Å². The molecule has 4 unspecified atom stereocenters. The van der Waals surface area contributed by atoms with Gasteiger partial charge in [0.2, 0.25) is 10.4 Å². The molecule has 7 heteroatoms. The van der Waals surface area contributed by atoms with Gasteiger partial charge in [0.1, 0.15) is 0 Å². The van der Waals surface area contributed by atoms with Crippen LogP contribution in [0, 0.1) is 28.6 Å². The number of fused-ring (bicyclic) bond motifs is 5. The third kappa shape index (κ3) is 3.52. The maximum absolute atomic E-state index is 11.9. The Morgan fingerprint density at radius 1 is 1.14 bits per heavy atom. The van der Waals surface area contributed by atoms with Crippen LogP contribution >= 0.6 is 0 Å². The first-order chi connectivity index (χ1) is 12.6. The predicted molar refractivity (Wildman–Crippen MR) is 100 cm³/mol. The summed E-state index contributed by atoms with van der Waals surface area (Å²) in [7, 11) is -4.72. The second kappa shape index (κ2) is 7.61. The monoisotopic (exact) mass is 416 g/mol. The molecule has 3 saturated carbocycles. The minimum atomic E-state index is -4.72. The zero-order chi connectivity index (χ0) is 19.6. The van der Waals surface area contributed by atoms with Crippen molar-refractivity contribution >= 4 is 16.2 Å². The molecular weight excluding hydrogens is 387 g/mol. The standard InChI is InChI=1S/C21H30O5S.Na/c1-4-16-19(26-27(23,24)25)12-18-15-6-5-13-11-14(22)7-9-20(13,2)17(15)8-10-21(16,18)3;/h4,11,15,17-19H,5-10,12H2,1-3H3,(H,23,24,25);/q;+1/p-1/t15?,17?,18?,19?,20-,21+;/m0./s1. The van der Waals surface area contributed by atoms with Crippen molar-refractivity contribution < 1.29 is 51.5 Å². The van der Waals surface area contributed by atoms with E-state index < -0.39 is 16.5 Å². The Morgan fingerprint density at radius 2 is 1.86 bits per heavy atom. The molecule has 4 aliphatic rings. The quantitative estimate of drug-likeness (QED) is 0.289. The first kappa shape index (κ1) is 22.7. The predicted octanol–water partition coefficient (Wildman–Crippen LogP) is 0.924. The summed E-state index contributed by atoms with van der Waals surface area (Å²) in [6.45, 7) is 6.47. The molecule has 150 valence electrons. The van der Waals surface area contributed by atoms with Crippen LogP contribution in [0.5, 0.6) is 0 Å². The summed E-state index contributed by atoms with van der Waals surface area (Å²) in [4.78, 5) is 11.9. The van der Waals surface area contributed by atoms with E-state index in [4.69, 9.17) is 4.18 Å². The molecule has 0 amide bonds. The molecule has 0 N–H and O–H groups in total. The van der Waals surface area contributed by atoms with Gasteiger partial charge in [-0.3, -0.25) is 8.98 Å². The van der Waals surface area contributed by atoms with Gasteiger partial charge in [0, 0.05) is 6.42 Å². The van der Waals surface area contributed by atoms with Crippen molar-refractivity contribution in [3.63, 3.8) is 0 Å². The molecule has 28 heavy (non-hydrogen) atoms. The molecule has 0 spiro atoms. The average Bonchev–Trinajstić information content (AvgIpc) is 2.84. The zero-order valence-corrected chi connectivity index (χ0v) is 20.2. The van der Waals surface area contributed by atoms with Gasteiger partial charge in [0.25, 0.3) is 0 Å². The largest absolute Gasteiger partial charge is 1.00 e. The Hall–Kier alpha value is 0.0200. The number of ketones is 1. The van der Waals surface area contributed by atoms with E-state index >= 15 is 0 Å². The molecular formula is C21H29NaO5S. The van der Waals surface area contributed by atoms with Gasteiger partial charge in [-0.2, -0.15) is 0 Å². The molecule has 0 aromatic carbocycles. The van der Waals surface area contributed by atoms with Crippen molar-refractivity contribution in [3.05, 3.63) is 23.3 Å². The van der Waals surface area contributed by atoms with Gasteiger partial charge in [0.15, 0.2) is 5.78 Å². The van der Waals surface area contributed by atoms with Gasteiger partial charge < -0.3 is 4.55 Å². The Morgan fingerprint density at radius 3 is 2.50 bits per heavy atom. The summed E-state index contributed by atoms with van der Waals surface area (Å²) in [5, 5.41) is 0. The van der Waals surface area contributed by atoms with E-state index in [0.717, 1.165) is 37.7 Å². The number of hydrogen-bond donors (Lipinski definition) is 0. The molecule has 0 radical (unpaired) electrons. The molecule has 0 saturated heterocycles. The molecule has 0 aromatic heterocycles. The normalized spacial score (nSPS) is 44.2. The summed E-state index contributed by atoms with van der Waals surface area (Å²) >= 11 is 0. The molecule has 0 aromatic rings. The zero-order valence-electron chi connectivity index (χ0n) is 17.4. The van der Waals surface area contributed by atoms with E-state index in [-0.39, 0.29) is 46.2 Å². The minimum absolute atomic E-state index is 0. The van der Waals surface area contributed by atoms with Crippen LogP contribution in [0.1, 0.15) is 65.7 Å². The summed E-state index contributed by atoms with van der Waals surface area (Å²) in [6.07, 6.45) is 9.44. The summed E-state index contributed by atoms with van der Waals surface area (Å²) in [6, 6.07) is 0. The number of rotatable bonds is 2. The molecule has 0 aliphatic heterocycles. The fourth-order valence-corrected chi connectivity index (χ4v) is 7.61. The van der Waals surface area contributed by atoms with Crippen molar-refractivity contribution in [2.24, 2.45) is 28.6 Å². The maximum Gasteiger partial charge on any atom is 1.00 e. The van der Waals surface area contributed by atoms with Crippen molar-refractivity contribution in [3.8, 4) is 0 Å². The SMILES string of the molecule is CC=C1C(OS(=O)(=O)[O-])CC2C3CCC4=CC(=O)CC[C@]4(C)C3CC[C@]12C.[Na+]. The van der Waals surface area contributed by atoms with Gasteiger partial charge >= 0.3 is 29.6 Å². The van der Waals surface area contributed by atoms with Gasteiger partial charge in [-0.05, 0) is 85.7 Å². The molecule has 5 nitrogen and oxygen atoms in total. The molecule has 6 atom stereocenters. The first-order valence-electron chi connectivity index (χ1n) is 10.1. The third-order valence-corrected chi connectivity index (χ3v) is 8.84. The van der Waals surface area contributed by atoms with Gasteiger partial charge in [-0.15, -0.1) is 0 Å². The Balaban J connectivity index is 0.00000225. The van der Waals surface area contributed by atoms with Crippen LogP contribution in [-0.4, -0.2) is 24.9 Å². The van der Waals surface area contributed by atoms with Crippen molar-refractivity contribution in [2.45, 2.75) is 71.8 Å². The van der Waals surface area contributed by atoms with Crippen LogP contribution in [0.3, 0.4) is 0 Å². The Kier molecular flexibility index (Phi) is 6.17. The second-order valence-corrected chi connectivity index (χ2v) is 10.4. The Bertz CT molecular complexity index is 832. The molecule has 4 aliphatic carbocycles. The number of carbonyl (C=O) groups excluding carboxylic acids is 1. The van der Waals surface area contributed by atoms with Crippen LogP contribution in [0.15, 0.2) is 23.3 Å². The second-order valence-electron chi connectivity index (χ2n) is 9.40. The number of carbonyl (C=O) groups is 1. The van der Waals surface area contributed by atoms with Gasteiger partial charge in [-0.1, -0.05) is 25.5 Å². The van der Waals surface area contributed by atoms with Crippen LogP contribution < -0.4 is 29.6 Å². The Labute approximate surface area is 190 Å². The summed E-state index contributed by atoms with van der Waals surface area (Å²) in [5.74, 6) is 1.58. The van der Waals surface area contributed by atoms with E-state index in [1.165, 1.54) is 5.57 Å². The van der Waals surface area contributed by atoms with E-state index in [1.807, 2.05) is 19.1 Å². The first-order valence-corrected chi connectivity index (χ1v) is 11.5. The van der Waals surface area contributed by atoms with Gasteiger partial charge in [-0.25, -0.2) is 8.42 Å². The number of allylic oxidation sites excluding steroid dienone is 2. The topological polar surface area (TPSA) is 83.5 Å². The summed E-state index contributed by atoms with van der Waals surface area (Å²) < 4.78 is 38.8. The minimum Gasteiger partial charge on any atom is -0.726 e. The number of hydrogen-bond acceptors (Lipinski definition) is 5. The smallest absolute Gasteiger partial charge is 0.726 e. The van der Waals surface area contributed by atoms with E-state index in [1.54, 1.807) is 0 Å². The van der Waals surface area contributed by atoms with Crippen LogP contribution in [0.25, 0.3) is 0 Å². The molecule has 0 heterocycles. The fourth-order valence-electron chi connectivity index (χ4n) is 7.15. The van der Waals surface area contributed by atoms with Gasteiger partial charge in [0.05, 0.1) is 6.10 Å². The molecule has 0 bridgehead atoms. The fraction of sp³-hybridized carbons (Fsp3) is 0.762. The molecule has 3 fully saturated rings. The van der Waals surface area contributed by atoms with Crippen LogP contribution in [0.4, 0.5) is 0 Å². The molecule has 4 rings (SSSR count). The van der Waals surface area contributed by atoms with Crippen LogP contribution in [-0.2, 0) is 19.4 Å². The van der Waals surface area contributed by atoms with Crippen molar-refractivity contribution in [1.29, 1.82) is 0 Å². The maximum atomic E-state index is 11.9. The van der Waals surface area contributed by atoms with E-state index in [9.17, 15) is 17.8 Å². The average molecular weight is 417 g/mol. The van der Waals surface area contributed by atoms with E-state index in [2.05, 4.69) is 13.8 Å².